The van der Waals surface area contributed by atoms with Crippen LogP contribution in [-0.2, 0) is 0 Å². The van der Waals surface area contributed by atoms with E-state index in [1.165, 1.54) is 0 Å². The molecule has 1 heterocycles. The Morgan fingerprint density at radius 1 is 0.410 bits per heavy atom. The molecule has 8 rings (SSSR count). The molecule has 0 saturated heterocycles. The van der Waals surface area contributed by atoms with Crippen LogP contribution < -0.4 is 0 Å². The quantitative estimate of drug-likeness (QED) is 0.218. The average molecular weight is 506 g/mol. The minimum absolute atomic E-state index is 0.0606. The van der Waals surface area contributed by atoms with Crippen molar-refractivity contribution in [1.29, 1.82) is 0 Å². The molecule has 1 nitrogen and oxygen atoms in total. The Morgan fingerprint density at radius 3 is 1.59 bits per heavy atom. The van der Waals surface area contributed by atoms with E-state index in [9.17, 15) is 1.37 Å². The van der Waals surface area contributed by atoms with Crippen LogP contribution in [0.5, 0.6) is 0 Å². The molecule has 182 valence electrons. The van der Waals surface area contributed by atoms with Crippen molar-refractivity contribution in [2.75, 3.05) is 0 Å². The first-order valence-electron chi connectivity index (χ1n) is 17.1. The molecule has 0 aliphatic rings. The first-order chi connectivity index (χ1) is 23.1. The lowest BCUT2D eigenvalue weighted by molar-refractivity contribution is 0.669. The maximum absolute atomic E-state index is 9.24. The second-order valence-electron chi connectivity index (χ2n) is 9.37. The van der Waals surface area contributed by atoms with Gasteiger partial charge in [0.15, 0.2) is 0 Å². The highest BCUT2D eigenvalue weighted by atomic mass is 16.3. The molecule has 0 amide bonds. The Balaban J connectivity index is 1.60. The largest absolute Gasteiger partial charge is 0.456 e. The van der Waals surface area contributed by atoms with Crippen LogP contribution in [0.2, 0.25) is 0 Å². The van der Waals surface area contributed by atoms with Crippen molar-refractivity contribution >= 4 is 43.5 Å². The van der Waals surface area contributed by atoms with Gasteiger partial charge in [0.2, 0.25) is 0 Å². The van der Waals surface area contributed by atoms with Gasteiger partial charge in [0, 0.05) is 10.8 Å². The van der Waals surface area contributed by atoms with Crippen LogP contribution in [0.3, 0.4) is 0 Å². The highest BCUT2D eigenvalue weighted by molar-refractivity contribution is 6.26. The minimum atomic E-state index is -0.588. The molecule has 1 aromatic heterocycles. The lowest BCUT2D eigenvalue weighted by Gasteiger charge is -2.20. The predicted octanol–water partition coefficient (Wildman–Crippen LogP) is 10.9. The summed E-state index contributed by atoms with van der Waals surface area (Å²) in [6.45, 7) is 0. The Labute approximate surface area is 239 Å². The topological polar surface area (TPSA) is 13.1 Å². The molecule has 0 saturated carbocycles. The number of para-hydroxylation sites is 1. The van der Waals surface area contributed by atoms with Crippen molar-refractivity contribution in [3.8, 4) is 33.4 Å². The van der Waals surface area contributed by atoms with Crippen LogP contribution >= 0.6 is 0 Å². The second kappa shape index (κ2) is 8.72. The molecule has 0 atom stereocenters. The maximum atomic E-state index is 9.24. The first kappa shape index (κ1) is 14.7. The molecule has 8 aromatic rings. The van der Waals surface area contributed by atoms with E-state index in [1.807, 2.05) is 91.0 Å². The number of fused-ring (bicyclic) bond motifs is 5. The zero-order chi connectivity index (χ0) is 33.6. The van der Waals surface area contributed by atoms with Gasteiger partial charge in [0.05, 0.1) is 12.3 Å². The standard InChI is InChI=1S/C38H24O/c1-2-13-25(14-3-1)26-15-4-5-16-27(26)36-28-17-6-8-19-30(28)37(31-20-9-7-18-29(31)36)33-22-12-24-35-38(33)32-21-10-11-23-34(32)39-35/h1-24H/i1D,2D,3D,4D,5D,13D,14D,15D,16D. The summed E-state index contributed by atoms with van der Waals surface area (Å²) in [6, 6.07) is 24.3. The van der Waals surface area contributed by atoms with E-state index >= 15 is 0 Å². The fourth-order valence-electron chi connectivity index (χ4n) is 5.73. The van der Waals surface area contributed by atoms with Gasteiger partial charge in [0.25, 0.3) is 0 Å². The van der Waals surface area contributed by atoms with E-state index in [-0.39, 0.29) is 22.7 Å². The normalized spacial score (nSPS) is 14.8. The lowest BCUT2D eigenvalue weighted by atomic mass is 9.83. The summed E-state index contributed by atoms with van der Waals surface area (Å²) in [6.07, 6.45) is 0. The fraction of sp³-hybridized carbons (Fsp3) is 0. The van der Waals surface area contributed by atoms with Gasteiger partial charge in [-0.05, 0) is 67.1 Å². The van der Waals surface area contributed by atoms with Gasteiger partial charge in [-0.15, -0.1) is 0 Å². The van der Waals surface area contributed by atoms with Crippen molar-refractivity contribution in [2.24, 2.45) is 0 Å². The summed E-state index contributed by atoms with van der Waals surface area (Å²) in [4.78, 5) is 0. The SMILES string of the molecule is [2H]c1c([2H])c([2H])c(-c2c([2H])c([2H])c([2H])c([2H])c2-c2c3ccccc3c(-c3cccc4oc5ccccc5c34)c3ccccc23)c([2H])c1[2H]. The Kier molecular flexibility index (Phi) is 3.29. The molecule has 1 heteroatoms. The highest BCUT2D eigenvalue weighted by Crippen LogP contribution is 2.48. The van der Waals surface area contributed by atoms with Crippen molar-refractivity contribution in [1.82, 2.24) is 0 Å². The molecular weight excluding hydrogens is 472 g/mol. The van der Waals surface area contributed by atoms with Gasteiger partial charge in [0.1, 0.15) is 11.2 Å². The summed E-state index contributed by atoms with van der Waals surface area (Å²) in [5.41, 5.74) is 3.43. The number of furan rings is 1. The Hall–Kier alpha value is -5.14. The molecule has 0 fully saturated rings. The number of rotatable bonds is 3. The lowest BCUT2D eigenvalue weighted by Crippen LogP contribution is -1.93. The van der Waals surface area contributed by atoms with Crippen LogP contribution in [0, 0.1) is 0 Å². The predicted molar refractivity (Wildman–Crippen MR) is 165 cm³/mol. The van der Waals surface area contributed by atoms with E-state index in [4.69, 9.17) is 15.4 Å². The summed E-state index contributed by atoms with van der Waals surface area (Å²) in [7, 11) is 0. The molecule has 0 N–H and O–H groups in total. The number of hydrogen-bond donors (Lipinski definition) is 0. The molecule has 0 aliphatic heterocycles. The van der Waals surface area contributed by atoms with Gasteiger partial charge >= 0.3 is 0 Å². The van der Waals surface area contributed by atoms with Crippen LogP contribution in [0.4, 0.5) is 0 Å². The number of benzene rings is 7. The smallest absolute Gasteiger partial charge is 0.136 e. The van der Waals surface area contributed by atoms with Crippen LogP contribution in [0.1, 0.15) is 12.3 Å². The summed E-state index contributed by atoms with van der Waals surface area (Å²) in [5.74, 6) is 0. The van der Waals surface area contributed by atoms with Crippen molar-refractivity contribution in [2.45, 2.75) is 0 Å². The average Bonchev–Trinajstić information content (AvgIpc) is 3.50. The van der Waals surface area contributed by atoms with Gasteiger partial charge in [-0.25, -0.2) is 0 Å². The summed E-state index contributed by atoms with van der Waals surface area (Å²) in [5, 5.41) is 4.87. The minimum Gasteiger partial charge on any atom is -0.456 e. The maximum Gasteiger partial charge on any atom is 0.136 e. The van der Waals surface area contributed by atoms with Crippen LogP contribution in [0.25, 0.3) is 76.9 Å². The second-order valence-corrected chi connectivity index (χ2v) is 9.37. The van der Waals surface area contributed by atoms with E-state index in [2.05, 4.69) is 0 Å². The first-order valence-corrected chi connectivity index (χ1v) is 12.6. The third-order valence-electron chi connectivity index (χ3n) is 7.29. The molecule has 0 spiro atoms. The third-order valence-corrected chi connectivity index (χ3v) is 7.29. The van der Waals surface area contributed by atoms with E-state index in [0.29, 0.717) is 16.3 Å². The summed E-state index contributed by atoms with van der Waals surface area (Å²) >= 11 is 0. The molecule has 0 radical (unpaired) electrons. The van der Waals surface area contributed by atoms with Crippen molar-refractivity contribution in [3.63, 3.8) is 0 Å². The van der Waals surface area contributed by atoms with Crippen LogP contribution in [-0.4, -0.2) is 0 Å². The van der Waals surface area contributed by atoms with Crippen LogP contribution in [0.15, 0.2) is 150 Å². The van der Waals surface area contributed by atoms with E-state index < -0.39 is 48.3 Å². The number of hydrogen-bond acceptors (Lipinski definition) is 1. The Bertz CT molecular complexity index is 2590. The molecule has 0 bridgehead atoms. The van der Waals surface area contributed by atoms with Gasteiger partial charge in [-0.1, -0.05) is 133 Å². The molecular formula is C38H24O. The molecule has 39 heavy (non-hydrogen) atoms. The third kappa shape index (κ3) is 3.34. The summed E-state index contributed by atoms with van der Waals surface area (Å²) < 4.78 is 84.3. The van der Waals surface area contributed by atoms with Gasteiger partial charge in [-0.2, -0.15) is 0 Å². The van der Waals surface area contributed by atoms with E-state index in [0.717, 1.165) is 43.8 Å². The Morgan fingerprint density at radius 2 is 0.923 bits per heavy atom. The van der Waals surface area contributed by atoms with Crippen molar-refractivity contribution in [3.05, 3.63) is 145 Å². The molecule has 0 aliphatic carbocycles. The monoisotopic (exact) mass is 505 g/mol. The molecule has 7 aromatic carbocycles. The zero-order valence-corrected chi connectivity index (χ0v) is 20.6. The van der Waals surface area contributed by atoms with Gasteiger partial charge in [-0.3, -0.25) is 0 Å². The van der Waals surface area contributed by atoms with Gasteiger partial charge < -0.3 is 4.42 Å². The van der Waals surface area contributed by atoms with E-state index in [1.54, 1.807) is 0 Å². The highest BCUT2D eigenvalue weighted by Gasteiger charge is 2.21. The van der Waals surface area contributed by atoms with Crippen molar-refractivity contribution < 1.29 is 16.8 Å². The zero-order valence-electron chi connectivity index (χ0n) is 29.6. The molecule has 0 unspecified atom stereocenters. The fourth-order valence-corrected chi connectivity index (χ4v) is 5.73.